The summed E-state index contributed by atoms with van der Waals surface area (Å²) in [7, 11) is 2.79. The van der Waals surface area contributed by atoms with Crippen molar-refractivity contribution in [1.82, 2.24) is 0 Å². The molecule has 0 unspecified atom stereocenters. The first kappa shape index (κ1) is 15.3. The first-order valence-corrected chi connectivity index (χ1v) is 6.35. The molecular formula is C15H13N3O4. The number of hydrogen-bond donors (Lipinski definition) is 1. The van der Waals surface area contributed by atoms with Crippen LogP contribution < -0.4 is 15.2 Å². The van der Waals surface area contributed by atoms with Crippen LogP contribution in [0.15, 0.2) is 18.2 Å². The van der Waals surface area contributed by atoms with E-state index in [2.05, 4.69) is 0 Å². The van der Waals surface area contributed by atoms with Crippen LogP contribution in [0.3, 0.4) is 0 Å². The van der Waals surface area contributed by atoms with E-state index in [9.17, 15) is 14.9 Å². The SMILES string of the molecule is COc1cccc(C(=O)[C@@H]2[C@@H](C#N)[C@]2(C#N)C(N)=O)c1OC. The summed E-state index contributed by atoms with van der Waals surface area (Å²) in [4.78, 5) is 24.2. The highest BCUT2D eigenvalue weighted by atomic mass is 16.5. The molecule has 7 heteroatoms. The number of nitrogens with zero attached hydrogens (tertiary/aromatic N) is 2. The van der Waals surface area contributed by atoms with E-state index in [-0.39, 0.29) is 11.3 Å². The number of hydrogen-bond acceptors (Lipinski definition) is 6. The molecule has 1 aliphatic rings. The standard InChI is InChI=1S/C15H13N3O4/c1-21-10-5-3-4-8(13(10)22-2)12(19)11-9(6-16)15(11,7-17)14(18)20/h3-5,9,11H,1-2H3,(H2,18,20)/t9-,11+,15+/m1/s1. The highest BCUT2D eigenvalue weighted by Crippen LogP contribution is 2.59. The van der Waals surface area contributed by atoms with Crippen molar-refractivity contribution >= 4 is 11.7 Å². The second-order valence-electron chi connectivity index (χ2n) is 4.83. The molecule has 1 saturated carbocycles. The summed E-state index contributed by atoms with van der Waals surface area (Å²) in [5, 5.41) is 18.3. The molecule has 2 N–H and O–H groups in total. The molecule has 22 heavy (non-hydrogen) atoms. The molecular weight excluding hydrogens is 286 g/mol. The molecule has 3 atom stereocenters. The second-order valence-corrected chi connectivity index (χ2v) is 4.83. The molecule has 0 aliphatic heterocycles. The van der Waals surface area contributed by atoms with Crippen LogP contribution in [0.5, 0.6) is 11.5 Å². The van der Waals surface area contributed by atoms with E-state index >= 15 is 0 Å². The van der Waals surface area contributed by atoms with E-state index in [0.29, 0.717) is 5.75 Å². The monoisotopic (exact) mass is 299 g/mol. The highest BCUT2D eigenvalue weighted by molar-refractivity contribution is 6.09. The quantitative estimate of drug-likeness (QED) is 0.795. The van der Waals surface area contributed by atoms with Gasteiger partial charge >= 0.3 is 0 Å². The first-order chi connectivity index (χ1) is 10.5. The van der Waals surface area contributed by atoms with Gasteiger partial charge in [0.25, 0.3) is 0 Å². The molecule has 7 nitrogen and oxygen atoms in total. The normalized spacial score (nSPS) is 25.5. The maximum Gasteiger partial charge on any atom is 0.240 e. The fourth-order valence-electron chi connectivity index (χ4n) is 2.67. The summed E-state index contributed by atoms with van der Waals surface area (Å²) >= 11 is 0. The van der Waals surface area contributed by atoms with Crippen LogP contribution >= 0.6 is 0 Å². The van der Waals surface area contributed by atoms with Crippen molar-refractivity contribution in [2.45, 2.75) is 0 Å². The molecule has 0 bridgehead atoms. The Bertz CT molecular complexity index is 731. The molecule has 2 rings (SSSR count). The molecule has 1 aromatic carbocycles. The van der Waals surface area contributed by atoms with Gasteiger partial charge in [-0.25, -0.2) is 0 Å². The Morgan fingerprint density at radius 2 is 1.95 bits per heavy atom. The van der Waals surface area contributed by atoms with Crippen molar-refractivity contribution in [2.75, 3.05) is 14.2 Å². The average molecular weight is 299 g/mol. The van der Waals surface area contributed by atoms with Crippen molar-refractivity contribution in [3.63, 3.8) is 0 Å². The number of ether oxygens (including phenoxy) is 2. The third-order valence-corrected chi connectivity index (χ3v) is 3.89. The topological polar surface area (TPSA) is 126 Å². The Balaban J connectivity index is 2.49. The van der Waals surface area contributed by atoms with Gasteiger partial charge < -0.3 is 15.2 Å². The largest absolute Gasteiger partial charge is 0.493 e. The number of nitriles is 2. The number of rotatable bonds is 5. The van der Waals surface area contributed by atoms with Gasteiger partial charge in [-0.3, -0.25) is 9.59 Å². The third-order valence-electron chi connectivity index (χ3n) is 3.89. The number of methoxy groups -OCH3 is 2. The van der Waals surface area contributed by atoms with Gasteiger partial charge in [0.2, 0.25) is 5.91 Å². The fourth-order valence-corrected chi connectivity index (χ4v) is 2.67. The van der Waals surface area contributed by atoms with Crippen molar-refractivity contribution in [3.05, 3.63) is 23.8 Å². The van der Waals surface area contributed by atoms with E-state index in [0.717, 1.165) is 0 Å². The minimum atomic E-state index is -1.78. The third kappa shape index (κ3) is 1.87. The maximum absolute atomic E-state index is 12.7. The summed E-state index contributed by atoms with van der Waals surface area (Å²) in [6.45, 7) is 0. The van der Waals surface area contributed by atoms with Crippen LogP contribution in [0.4, 0.5) is 0 Å². The number of nitrogens with two attached hydrogens (primary N) is 1. The van der Waals surface area contributed by atoms with Crippen LogP contribution in [-0.2, 0) is 4.79 Å². The van der Waals surface area contributed by atoms with Crippen LogP contribution in [0.25, 0.3) is 0 Å². The number of ketones is 1. The first-order valence-electron chi connectivity index (χ1n) is 6.35. The number of carbonyl (C=O) groups excluding carboxylic acids is 2. The number of carbonyl (C=O) groups is 2. The van der Waals surface area contributed by atoms with Gasteiger partial charge in [0.05, 0.1) is 43.8 Å². The van der Waals surface area contributed by atoms with E-state index in [4.69, 9.17) is 20.5 Å². The van der Waals surface area contributed by atoms with Crippen LogP contribution in [0.2, 0.25) is 0 Å². The molecule has 1 aromatic rings. The summed E-state index contributed by atoms with van der Waals surface area (Å²) in [5.74, 6) is -3.14. The number of Topliss-reactive ketones (excluding diaryl/α,β-unsaturated/α-hetero) is 1. The number of primary amides is 1. The summed E-state index contributed by atoms with van der Waals surface area (Å²) in [6.07, 6.45) is 0. The molecule has 1 fully saturated rings. The molecule has 0 aromatic heterocycles. The van der Waals surface area contributed by atoms with Crippen LogP contribution in [-0.4, -0.2) is 25.9 Å². The van der Waals surface area contributed by atoms with Gasteiger partial charge in [-0.05, 0) is 12.1 Å². The summed E-state index contributed by atoms with van der Waals surface area (Å²) in [5.41, 5.74) is 3.59. The molecule has 0 radical (unpaired) electrons. The lowest BCUT2D eigenvalue weighted by Crippen LogP contribution is -2.28. The van der Waals surface area contributed by atoms with Crippen molar-refractivity contribution < 1.29 is 19.1 Å². The zero-order chi connectivity index (χ0) is 16.5. The van der Waals surface area contributed by atoms with Crippen molar-refractivity contribution in [3.8, 4) is 23.6 Å². The lowest BCUT2D eigenvalue weighted by Gasteiger charge is -2.12. The average Bonchev–Trinajstić information content (AvgIpc) is 3.22. The molecule has 0 saturated heterocycles. The highest BCUT2D eigenvalue weighted by Gasteiger charge is 2.74. The molecule has 1 amide bonds. The number of para-hydroxylation sites is 1. The van der Waals surface area contributed by atoms with Crippen LogP contribution in [0, 0.1) is 39.9 Å². The minimum absolute atomic E-state index is 0.144. The van der Waals surface area contributed by atoms with Crippen molar-refractivity contribution in [2.24, 2.45) is 23.0 Å². The predicted molar refractivity (Wildman–Crippen MR) is 73.7 cm³/mol. The molecule has 0 spiro atoms. The van der Waals surface area contributed by atoms with Gasteiger partial charge in [0.15, 0.2) is 22.7 Å². The Labute approximate surface area is 126 Å². The van der Waals surface area contributed by atoms with Gasteiger partial charge in [0, 0.05) is 0 Å². The zero-order valence-corrected chi connectivity index (χ0v) is 12.0. The van der Waals surface area contributed by atoms with Gasteiger partial charge in [-0.15, -0.1) is 0 Å². The zero-order valence-electron chi connectivity index (χ0n) is 12.0. The summed E-state index contributed by atoms with van der Waals surface area (Å²) < 4.78 is 10.3. The number of amides is 1. The Morgan fingerprint density at radius 1 is 1.27 bits per heavy atom. The van der Waals surface area contributed by atoms with Gasteiger partial charge in [-0.2, -0.15) is 10.5 Å². The maximum atomic E-state index is 12.7. The van der Waals surface area contributed by atoms with E-state index in [1.807, 2.05) is 6.07 Å². The Hall–Kier alpha value is -3.06. The summed E-state index contributed by atoms with van der Waals surface area (Å²) in [6, 6.07) is 8.22. The van der Waals surface area contributed by atoms with Gasteiger partial charge in [0.1, 0.15) is 0 Å². The molecule has 0 heterocycles. The second kappa shape index (κ2) is 5.38. The van der Waals surface area contributed by atoms with Crippen molar-refractivity contribution in [1.29, 1.82) is 10.5 Å². The van der Waals surface area contributed by atoms with E-state index in [1.54, 1.807) is 18.2 Å². The predicted octanol–water partition coefficient (Wildman–Crippen LogP) is 0.651. The smallest absolute Gasteiger partial charge is 0.240 e. The van der Waals surface area contributed by atoms with E-state index in [1.165, 1.54) is 20.3 Å². The number of benzene rings is 1. The Kier molecular flexibility index (Phi) is 3.75. The fraction of sp³-hybridized carbons (Fsp3) is 0.333. The van der Waals surface area contributed by atoms with Gasteiger partial charge in [-0.1, -0.05) is 6.07 Å². The van der Waals surface area contributed by atoms with Crippen LogP contribution in [0.1, 0.15) is 10.4 Å². The molecule has 1 aliphatic carbocycles. The Morgan fingerprint density at radius 3 is 2.36 bits per heavy atom. The minimum Gasteiger partial charge on any atom is -0.493 e. The van der Waals surface area contributed by atoms with E-state index < -0.39 is 28.9 Å². The molecule has 112 valence electrons. The lowest BCUT2D eigenvalue weighted by molar-refractivity contribution is -0.121. The lowest BCUT2D eigenvalue weighted by atomic mass is 9.98.